The highest BCUT2D eigenvalue weighted by molar-refractivity contribution is 9.10. The van der Waals surface area contributed by atoms with Crippen molar-refractivity contribution in [1.82, 2.24) is 5.32 Å². The van der Waals surface area contributed by atoms with Crippen molar-refractivity contribution in [3.8, 4) is 0 Å². The van der Waals surface area contributed by atoms with Gasteiger partial charge in [0.1, 0.15) is 0 Å². The van der Waals surface area contributed by atoms with Crippen LogP contribution in [0, 0.1) is 0 Å². The highest BCUT2D eigenvalue weighted by atomic mass is 79.9. The first-order valence-corrected chi connectivity index (χ1v) is 7.60. The second kappa shape index (κ2) is 6.91. The first-order chi connectivity index (χ1) is 9.56. The van der Waals surface area contributed by atoms with Crippen LogP contribution in [0.4, 0.5) is 5.69 Å². The van der Waals surface area contributed by atoms with Gasteiger partial charge in [-0.3, -0.25) is 0 Å². The van der Waals surface area contributed by atoms with Crippen LogP contribution in [0.3, 0.4) is 0 Å². The van der Waals surface area contributed by atoms with Crippen molar-refractivity contribution in [2.75, 3.05) is 19.0 Å². The van der Waals surface area contributed by atoms with Crippen LogP contribution < -0.4 is 10.2 Å². The largest absolute Gasteiger partial charge is 0.378 e. The quantitative estimate of drug-likeness (QED) is 0.874. The maximum atomic E-state index is 3.55. The van der Waals surface area contributed by atoms with Crippen LogP contribution in [0.1, 0.15) is 24.1 Å². The summed E-state index contributed by atoms with van der Waals surface area (Å²) in [6, 6.07) is 17.5. The maximum absolute atomic E-state index is 3.55. The van der Waals surface area contributed by atoms with Crippen LogP contribution in [0.2, 0.25) is 0 Å². The Hall–Kier alpha value is -1.32. The zero-order valence-electron chi connectivity index (χ0n) is 12.2. The molecule has 0 aromatic heterocycles. The molecule has 3 heteroatoms. The minimum atomic E-state index is 0.342. The van der Waals surface area contributed by atoms with Gasteiger partial charge in [-0.2, -0.15) is 0 Å². The van der Waals surface area contributed by atoms with E-state index in [0.717, 1.165) is 11.0 Å². The van der Waals surface area contributed by atoms with Crippen LogP contribution in [-0.4, -0.2) is 14.1 Å². The molecule has 0 aliphatic rings. The standard InChI is InChI=1S/C17H21BrN2/c1-13(15-6-10-17(11-7-15)20(2)3)19-12-14-4-8-16(18)9-5-14/h4-11,13,19H,12H2,1-3H3. The van der Waals surface area contributed by atoms with E-state index >= 15 is 0 Å². The van der Waals surface area contributed by atoms with E-state index in [9.17, 15) is 0 Å². The number of nitrogens with one attached hydrogen (secondary N) is 1. The molecule has 0 spiro atoms. The molecule has 0 bridgehead atoms. The summed E-state index contributed by atoms with van der Waals surface area (Å²) in [4.78, 5) is 2.11. The second-order valence-corrected chi connectivity index (χ2v) is 6.13. The number of rotatable bonds is 5. The third-order valence-electron chi connectivity index (χ3n) is 3.44. The molecule has 0 amide bonds. The van der Waals surface area contributed by atoms with E-state index in [0.29, 0.717) is 6.04 Å². The van der Waals surface area contributed by atoms with E-state index in [4.69, 9.17) is 0 Å². The van der Waals surface area contributed by atoms with Crippen molar-refractivity contribution < 1.29 is 0 Å². The van der Waals surface area contributed by atoms with E-state index in [2.05, 4.69) is 95.7 Å². The molecule has 2 nitrogen and oxygen atoms in total. The molecule has 20 heavy (non-hydrogen) atoms. The van der Waals surface area contributed by atoms with Crippen LogP contribution in [-0.2, 0) is 6.54 Å². The van der Waals surface area contributed by atoms with E-state index in [1.807, 2.05) is 0 Å². The van der Waals surface area contributed by atoms with Crippen molar-refractivity contribution in [2.24, 2.45) is 0 Å². The first-order valence-electron chi connectivity index (χ1n) is 6.81. The van der Waals surface area contributed by atoms with Crippen LogP contribution in [0.5, 0.6) is 0 Å². The fourth-order valence-electron chi connectivity index (χ4n) is 2.05. The Morgan fingerprint density at radius 3 is 2.15 bits per heavy atom. The summed E-state index contributed by atoms with van der Waals surface area (Å²) in [6.45, 7) is 3.08. The number of benzene rings is 2. The highest BCUT2D eigenvalue weighted by Crippen LogP contribution is 2.18. The lowest BCUT2D eigenvalue weighted by Crippen LogP contribution is -2.18. The summed E-state index contributed by atoms with van der Waals surface area (Å²) in [6.07, 6.45) is 0. The van der Waals surface area contributed by atoms with Gasteiger partial charge >= 0.3 is 0 Å². The van der Waals surface area contributed by atoms with Gasteiger partial charge in [-0.05, 0) is 42.3 Å². The molecular weight excluding hydrogens is 312 g/mol. The Kier molecular flexibility index (Phi) is 5.21. The third-order valence-corrected chi connectivity index (χ3v) is 3.96. The minimum Gasteiger partial charge on any atom is -0.378 e. The Bertz CT molecular complexity index is 532. The maximum Gasteiger partial charge on any atom is 0.0361 e. The van der Waals surface area contributed by atoms with Gasteiger partial charge in [0.25, 0.3) is 0 Å². The average molecular weight is 333 g/mol. The topological polar surface area (TPSA) is 15.3 Å². The Balaban J connectivity index is 1.94. The Labute approximate surface area is 129 Å². The summed E-state index contributed by atoms with van der Waals surface area (Å²) in [7, 11) is 4.12. The van der Waals surface area contributed by atoms with Crippen LogP contribution >= 0.6 is 15.9 Å². The van der Waals surface area contributed by atoms with Crippen molar-refractivity contribution in [2.45, 2.75) is 19.5 Å². The summed E-state index contributed by atoms with van der Waals surface area (Å²) < 4.78 is 1.12. The molecule has 1 N–H and O–H groups in total. The van der Waals surface area contributed by atoms with Gasteiger partial charge in [-0.15, -0.1) is 0 Å². The normalized spacial score (nSPS) is 12.2. The summed E-state index contributed by atoms with van der Waals surface area (Å²) in [5.41, 5.74) is 3.84. The molecule has 106 valence electrons. The van der Waals surface area contributed by atoms with Gasteiger partial charge in [-0.25, -0.2) is 0 Å². The number of halogens is 1. The molecule has 0 fully saturated rings. The Morgan fingerprint density at radius 1 is 1.00 bits per heavy atom. The summed E-state index contributed by atoms with van der Waals surface area (Å²) in [5.74, 6) is 0. The molecule has 2 rings (SSSR count). The summed E-state index contributed by atoms with van der Waals surface area (Å²) in [5, 5.41) is 3.55. The monoisotopic (exact) mass is 332 g/mol. The fraction of sp³-hybridized carbons (Fsp3) is 0.294. The molecule has 2 aromatic carbocycles. The lowest BCUT2D eigenvalue weighted by molar-refractivity contribution is 0.574. The molecule has 0 aliphatic heterocycles. The number of hydrogen-bond acceptors (Lipinski definition) is 2. The number of anilines is 1. The lowest BCUT2D eigenvalue weighted by Gasteiger charge is -2.17. The molecule has 0 heterocycles. The van der Waals surface area contributed by atoms with Crippen molar-refractivity contribution >= 4 is 21.6 Å². The lowest BCUT2D eigenvalue weighted by atomic mass is 10.1. The average Bonchev–Trinajstić information content (AvgIpc) is 2.46. The predicted octanol–water partition coefficient (Wildman–Crippen LogP) is 4.37. The summed E-state index contributed by atoms with van der Waals surface area (Å²) >= 11 is 3.46. The van der Waals surface area contributed by atoms with E-state index < -0.39 is 0 Å². The van der Waals surface area contributed by atoms with Gasteiger partial charge in [-0.1, -0.05) is 40.2 Å². The SMILES string of the molecule is CC(NCc1ccc(Br)cc1)c1ccc(N(C)C)cc1. The zero-order valence-corrected chi connectivity index (χ0v) is 13.8. The molecule has 1 unspecified atom stereocenters. The van der Waals surface area contributed by atoms with E-state index in [1.165, 1.54) is 16.8 Å². The van der Waals surface area contributed by atoms with Crippen LogP contribution in [0.25, 0.3) is 0 Å². The smallest absolute Gasteiger partial charge is 0.0361 e. The van der Waals surface area contributed by atoms with Crippen molar-refractivity contribution in [3.05, 3.63) is 64.1 Å². The van der Waals surface area contributed by atoms with E-state index in [-0.39, 0.29) is 0 Å². The van der Waals surface area contributed by atoms with Gasteiger partial charge < -0.3 is 10.2 Å². The minimum absolute atomic E-state index is 0.342. The van der Waals surface area contributed by atoms with Gasteiger partial charge in [0.2, 0.25) is 0 Å². The molecule has 0 radical (unpaired) electrons. The molecule has 2 aromatic rings. The molecular formula is C17H21BrN2. The fourth-order valence-corrected chi connectivity index (χ4v) is 2.32. The van der Waals surface area contributed by atoms with Crippen molar-refractivity contribution in [1.29, 1.82) is 0 Å². The van der Waals surface area contributed by atoms with Gasteiger partial charge in [0, 0.05) is 36.8 Å². The van der Waals surface area contributed by atoms with E-state index in [1.54, 1.807) is 0 Å². The molecule has 0 aliphatic carbocycles. The number of hydrogen-bond donors (Lipinski definition) is 1. The molecule has 0 saturated heterocycles. The first kappa shape index (κ1) is 15.1. The van der Waals surface area contributed by atoms with Crippen LogP contribution in [0.15, 0.2) is 53.0 Å². The third kappa shape index (κ3) is 4.09. The second-order valence-electron chi connectivity index (χ2n) is 5.22. The van der Waals surface area contributed by atoms with Gasteiger partial charge in [0.15, 0.2) is 0 Å². The molecule has 0 saturated carbocycles. The predicted molar refractivity (Wildman–Crippen MR) is 90.2 cm³/mol. The van der Waals surface area contributed by atoms with Gasteiger partial charge in [0.05, 0.1) is 0 Å². The van der Waals surface area contributed by atoms with Crippen molar-refractivity contribution in [3.63, 3.8) is 0 Å². The Morgan fingerprint density at radius 2 is 1.60 bits per heavy atom. The number of nitrogens with zero attached hydrogens (tertiary/aromatic N) is 1. The zero-order chi connectivity index (χ0) is 14.5. The molecule has 1 atom stereocenters. The highest BCUT2D eigenvalue weighted by Gasteiger charge is 2.05.